The van der Waals surface area contributed by atoms with E-state index in [1.165, 1.54) is 9.75 Å². The number of carbonyl (C=O) groups is 1. The van der Waals surface area contributed by atoms with E-state index in [0.717, 1.165) is 19.6 Å². The van der Waals surface area contributed by atoms with Crippen molar-refractivity contribution in [3.8, 4) is 0 Å². The number of hydrogen-bond acceptors (Lipinski definition) is 4. The number of nitrogens with one attached hydrogen (secondary N) is 1. The molecule has 3 fully saturated rings. The van der Waals surface area contributed by atoms with Crippen LogP contribution in [0, 0.1) is 24.7 Å². The highest BCUT2D eigenvalue weighted by Gasteiger charge is 2.49. The van der Waals surface area contributed by atoms with E-state index in [1.54, 1.807) is 0 Å². The normalized spacial score (nSPS) is 31.7. The minimum Gasteiger partial charge on any atom is -0.376 e. The van der Waals surface area contributed by atoms with Gasteiger partial charge < -0.3 is 10.1 Å². The van der Waals surface area contributed by atoms with Gasteiger partial charge >= 0.3 is 0 Å². The number of amides is 1. The van der Waals surface area contributed by atoms with Crippen LogP contribution >= 0.6 is 11.3 Å². The highest BCUT2D eigenvalue weighted by atomic mass is 32.1. The highest BCUT2D eigenvalue weighted by Crippen LogP contribution is 2.42. The fourth-order valence-corrected chi connectivity index (χ4v) is 5.17. The Labute approximate surface area is 150 Å². The monoisotopic (exact) mass is 370 g/mol. The van der Waals surface area contributed by atoms with Crippen LogP contribution in [0.4, 0.5) is 8.78 Å². The molecule has 0 bridgehead atoms. The van der Waals surface area contributed by atoms with Crippen LogP contribution in [0.25, 0.3) is 0 Å². The molecule has 3 aliphatic rings. The second kappa shape index (κ2) is 6.59. The van der Waals surface area contributed by atoms with Crippen molar-refractivity contribution in [1.29, 1.82) is 0 Å². The first-order valence-corrected chi connectivity index (χ1v) is 9.76. The molecule has 4 rings (SSSR count). The Morgan fingerprint density at radius 1 is 1.40 bits per heavy atom. The van der Waals surface area contributed by atoms with Gasteiger partial charge in [0.25, 0.3) is 0 Å². The van der Waals surface area contributed by atoms with E-state index in [2.05, 4.69) is 29.3 Å². The minimum atomic E-state index is -2.64. The summed E-state index contributed by atoms with van der Waals surface area (Å²) in [6.07, 6.45) is -0.379. The van der Waals surface area contributed by atoms with Gasteiger partial charge in [0.2, 0.25) is 11.8 Å². The molecule has 0 unspecified atom stereocenters. The van der Waals surface area contributed by atoms with Gasteiger partial charge in [0.15, 0.2) is 0 Å². The van der Waals surface area contributed by atoms with Crippen LogP contribution in [0.1, 0.15) is 22.6 Å². The summed E-state index contributed by atoms with van der Waals surface area (Å²) in [6, 6.07) is 4.33. The Bertz CT molecular complexity index is 643. The molecule has 3 heterocycles. The van der Waals surface area contributed by atoms with Gasteiger partial charge in [-0.3, -0.25) is 9.69 Å². The average Bonchev–Trinajstić information content (AvgIpc) is 3.19. The minimum absolute atomic E-state index is 0.224. The number of thiophene rings is 1. The number of aryl methyl sites for hydroxylation is 1. The van der Waals surface area contributed by atoms with Gasteiger partial charge in [-0.1, -0.05) is 0 Å². The van der Waals surface area contributed by atoms with Crippen molar-refractivity contribution in [2.45, 2.75) is 38.3 Å². The van der Waals surface area contributed by atoms with E-state index in [4.69, 9.17) is 4.74 Å². The number of rotatable bonds is 5. The van der Waals surface area contributed by atoms with Crippen LogP contribution in [-0.2, 0) is 16.1 Å². The van der Waals surface area contributed by atoms with E-state index in [1.807, 2.05) is 11.3 Å². The van der Waals surface area contributed by atoms with Crippen molar-refractivity contribution in [2.24, 2.45) is 17.8 Å². The lowest BCUT2D eigenvalue weighted by molar-refractivity contribution is -0.150. The fourth-order valence-electron chi connectivity index (χ4n) is 4.23. The number of alkyl halides is 2. The number of halogens is 2. The number of carbonyl (C=O) groups excluding carboxylic acids is 1. The molecule has 0 spiro atoms. The quantitative estimate of drug-likeness (QED) is 0.866. The molecule has 4 nitrogen and oxygen atoms in total. The van der Waals surface area contributed by atoms with E-state index < -0.39 is 11.8 Å². The van der Waals surface area contributed by atoms with Gasteiger partial charge in [-0.05, 0) is 19.1 Å². The third-order valence-corrected chi connectivity index (χ3v) is 6.67. The maximum atomic E-state index is 12.9. The van der Waals surface area contributed by atoms with Gasteiger partial charge in [-0.25, -0.2) is 8.78 Å². The molecule has 0 aromatic carbocycles. The van der Waals surface area contributed by atoms with Gasteiger partial charge in [0.1, 0.15) is 0 Å². The molecule has 1 aliphatic carbocycles. The lowest BCUT2D eigenvalue weighted by Crippen LogP contribution is -2.46. The van der Waals surface area contributed by atoms with E-state index in [-0.39, 0.29) is 30.8 Å². The predicted molar refractivity (Wildman–Crippen MR) is 91.7 cm³/mol. The second-order valence-electron chi connectivity index (χ2n) is 7.71. The van der Waals surface area contributed by atoms with Crippen molar-refractivity contribution >= 4 is 17.2 Å². The topological polar surface area (TPSA) is 41.6 Å². The van der Waals surface area contributed by atoms with E-state index in [9.17, 15) is 13.6 Å². The van der Waals surface area contributed by atoms with Crippen LogP contribution in [0.5, 0.6) is 0 Å². The van der Waals surface area contributed by atoms with Gasteiger partial charge in [-0.15, -0.1) is 11.3 Å². The molecule has 1 amide bonds. The molecule has 1 N–H and O–H groups in total. The molecule has 0 radical (unpaired) electrons. The lowest BCUT2D eigenvalue weighted by Gasteiger charge is -2.34. The first-order valence-electron chi connectivity index (χ1n) is 8.94. The molecule has 2 saturated heterocycles. The Hall–Kier alpha value is -1.05. The van der Waals surface area contributed by atoms with Crippen molar-refractivity contribution in [3.63, 3.8) is 0 Å². The number of nitrogens with zero attached hydrogens (tertiary/aromatic N) is 1. The summed E-state index contributed by atoms with van der Waals surface area (Å²) in [5.41, 5.74) is 0. The van der Waals surface area contributed by atoms with Crippen molar-refractivity contribution in [1.82, 2.24) is 10.2 Å². The number of hydrogen-bond donors (Lipinski definition) is 1. The van der Waals surface area contributed by atoms with Crippen LogP contribution in [-0.4, -0.2) is 49.1 Å². The van der Waals surface area contributed by atoms with Crippen LogP contribution in [0.2, 0.25) is 0 Å². The zero-order chi connectivity index (χ0) is 17.6. The first-order chi connectivity index (χ1) is 11.9. The molecule has 3 atom stereocenters. The van der Waals surface area contributed by atoms with Crippen molar-refractivity contribution in [3.05, 3.63) is 21.9 Å². The lowest BCUT2D eigenvalue weighted by atomic mass is 9.80. The van der Waals surface area contributed by atoms with Crippen molar-refractivity contribution in [2.75, 3.05) is 26.2 Å². The molecule has 25 heavy (non-hydrogen) atoms. The SMILES string of the molecule is Cc1ccc(CN2C[C@H]3[C@@H](CNC(=O)C4CC(F)(F)C4)CO[C@H]3C2)s1. The molecular formula is C18H24F2N2O2S. The third kappa shape index (κ3) is 3.73. The summed E-state index contributed by atoms with van der Waals surface area (Å²) in [6.45, 7) is 6.17. The standard InChI is InChI=1S/C18H24F2N2O2S/c1-11-2-3-14(25-11)7-22-8-15-13(10-24-16(15)9-22)6-21-17(23)12-4-18(19,20)5-12/h2-3,12-13,15-16H,4-10H2,1H3,(H,21,23)/t13-,15-,16-/m0/s1. The van der Waals surface area contributed by atoms with Gasteiger partial charge in [0, 0.05) is 66.5 Å². The summed E-state index contributed by atoms with van der Waals surface area (Å²) in [5.74, 6) is -2.68. The molecule has 7 heteroatoms. The average molecular weight is 370 g/mol. The largest absolute Gasteiger partial charge is 0.376 e. The van der Waals surface area contributed by atoms with Crippen LogP contribution in [0.3, 0.4) is 0 Å². The predicted octanol–water partition coefficient (Wildman–Crippen LogP) is 2.66. The molecule has 1 aromatic rings. The van der Waals surface area contributed by atoms with Gasteiger partial charge in [-0.2, -0.15) is 0 Å². The van der Waals surface area contributed by atoms with Crippen LogP contribution < -0.4 is 5.32 Å². The number of fused-ring (bicyclic) bond motifs is 1. The Kier molecular flexibility index (Phi) is 4.58. The second-order valence-corrected chi connectivity index (χ2v) is 9.08. The zero-order valence-corrected chi connectivity index (χ0v) is 15.2. The molecule has 1 aromatic heterocycles. The van der Waals surface area contributed by atoms with Gasteiger partial charge in [0.05, 0.1) is 12.7 Å². The zero-order valence-electron chi connectivity index (χ0n) is 14.3. The first kappa shape index (κ1) is 17.4. The molecule has 1 saturated carbocycles. The summed E-state index contributed by atoms with van der Waals surface area (Å²) in [5, 5.41) is 2.88. The summed E-state index contributed by atoms with van der Waals surface area (Å²) < 4.78 is 31.7. The van der Waals surface area contributed by atoms with Crippen molar-refractivity contribution < 1.29 is 18.3 Å². The fraction of sp³-hybridized carbons (Fsp3) is 0.722. The van der Waals surface area contributed by atoms with Crippen LogP contribution in [0.15, 0.2) is 12.1 Å². The molecular weight excluding hydrogens is 346 g/mol. The Balaban J connectivity index is 1.25. The molecule has 138 valence electrons. The Morgan fingerprint density at radius 3 is 2.88 bits per heavy atom. The summed E-state index contributed by atoms with van der Waals surface area (Å²) >= 11 is 1.83. The number of likely N-dealkylation sites (tertiary alicyclic amines) is 1. The Morgan fingerprint density at radius 2 is 2.20 bits per heavy atom. The maximum absolute atomic E-state index is 12.9. The highest BCUT2D eigenvalue weighted by molar-refractivity contribution is 7.11. The van der Waals surface area contributed by atoms with E-state index in [0.29, 0.717) is 19.1 Å². The summed E-state index contributed by atoms with van der Waals surface area (Å²) in [4.78, 5) is 17.1. The smallest absolute Gasteiger partial charge is 0.249 e. The number of ether oxygens (including phenoxy) is 1. The molecule has 2 aliphatic heterocycles. The maximum Gasteiger partial charge on any atom is 0.249 e. The third-order valence-electron chi connectivity index (χ3n) is 5.69. The van der Waals surface area contributed by atoms with E-state index >= 15 is 0 Å². The summed E-state index contributed by atoms with van der Waals surface area (Å²) in [7, 11) is 0.